The summed E-state index contributed by atoms with van der Waals surface area (Å²) in [6.07, 6.45) is 9.95. The molecular weight excluding hydrogens is 1670 g/mol. The van der Waals surface area contributed by atoms with Crippen LogP contribution in [0, 0.1) is 55.7 Å². The van der Waals surface area contributed by atoms with Gasteiger partial charge in [-0.05, 0) is 180 Å². The van der Waals surface area contributed by atoms with E-state index in [9.17, 15) is 44.1 Å². The third kappa shape index (κ3) is 15.1. The van der Waals surface area contributed by atoms with E-state index in [-0.39, 0.29) is 111 Å². The van der Waals surface area contributed by atoms with Crippen molar-refractivity contribution in [2.45, 2.75) is 150 Å². The number of piperazine rings is 3. The molecule has 26 nitrogen and oxygen atoms in total. The van der Waals surface area contributed by atoms with Gasteiger partial charge in [-0.1, -0.05) is 79.5 Å². The lowest BCUT2D eigenvalue weighted by Gasteiger charge is -2.52. The Hall–Kier alpha value is -14.2. The number of fused-ring (bicyclic) bond motifs is 15. The number of aromatic nitrogens is 9. The van der Waals surface area contributed by atoms with Gasteiger partial charge in [0.05, 0.1) is 80.0 Å². The van der Waals surface area contributed by atoms with Crippen molar-refractivity contribution in [2.75, 3.05) is 84.3 Å². The third-order valence-corrected chi connectivity index (χ3v) is 25.5. The van der Waals surface area contributed by atoms with Crippen LogP contribution in [0.25, 0.3) is 83.9 Å². The van der Waals surface area contributed by atoms with E-state index in [4.69, 9.17) is 0 Å². The highest BCUT2D eigenvalue weighted by Gasteiger charge is 2.46. The van der Waals surface area contributed by atoms with Gasteiger partial charge in [-0.2, -0.15) is 0 Å². The minimum Gasteiger partial charge on any atom is -0.507 e. The van der Waals surface area contributed by atoms with Crippen molar-refractivity contribution in [1.82, 2.24) is 58.3 Å². The molecule has 3 saturated heterocycles. The van der Waals surface area contributed by atoms with Crippen LogP contribution < -0.4 is 41.6 Å². The number of phenolic OH excluding ortho intramolecular Hbond substituents is 3. The summed E-state index contributed by atoms with van der Waals surface area (Å²) in [5.74, 6) is -7.21. The number of aromatic hydroxyl groups is 3. The molecule has 3 amide bonds. The average molecular weight is 1770 g/mol. The van der Waals surface area contributed by atoms with Gasteiger partial charge in [0.15, 0.2) is 28.7 Å². The zero-order chi connectivity index (χ0) is 93.1. The number of pyridine rings is 9. The highest BCUT2D eigenvalue weighted by Crippen LogP contribution is 2.49. The number of carbonyl (C=O) groups is 3. The number of carbonyl (C=O) groups excluding carboxylic acids is 3. The molecule has 6 aliphatic heterocycles. The molecule has 6 aliphatic rings. The number of nitrogens with zero attached hydrogens (tertiary/aromatic N) is 16. The number of hydrogen-bond donors (Lipinski definition) is 4. The first kappa shape index (κ1) is 89.2. The fourth-order valence-electron chi connectivity index (χ4n) is 19.8. The number of amides is 3. The smallest absolute Gasteiger partial charge is 0.282 e. The number of hydrogen-bond acceptors (Lipinski definition) is 20. The van der Waals surface area contributed by atoms with Crippen LogP contribution in [-0.2, 0) is 20.8 Å². The molecule has 6 atom stereocenters. The lowest BCUT2D eigenvalue weighted by atomic mass is 9.90. The number of anilines is 5. The molecule has 6 unspecified atom stereocenters. The predicted molar refractivity (Wildman–Crippen MR) is 491 cm³/mol. The zero-order valence-corrected chi connectivity index (χ0v) is 74.2. The third-order valence-electron chi connectivity index (χ3n) is 25.5. The van der Waals surface area contributed by atoms with Gasteiger partial charge >= 0.3 is 0 Å². The monoisotopic (exact) mass is 1770 g/mol. The molecule has 3 aromatic carbocycles. The van der Waals surface area contributed by atoms with Crippen molar-refractivity contribution >= 4 is 79.3 Å². The van der Waals surface area contributed by atoms with Crippen LogP contribution in [0.1, 0.15) is 126 Å². The van der Waals surface area contributed by atoms with E-state index in [1.54, 1.807) is 51.5 Å². The van der Waals surface area contributed by atoms with E-state index >= 15 is 26.3 Å². The Balaban J connectivity index is 0.000000143. The number of aryl methyl sites for hydroxylation is 3. The van der Waals surface area contributed by atoms with E-state index in [0.717, 1.165) is 34.9 Å². The van der Waals surface area contributed by atoms with Gasteiger partial charge < -0.3 is 54.9 Å². The van der Waals surface area contributed by atoms with Gasteiger partial charge in [-0.25, -0.2) is 41.3 Å². The van der Waals surface area contributed by atoms with Crippen LogP contribution in [0.4, 0.5) is 54.8 Å². The zero-order valence-electron chi connectivity index (χ0n) is 74.2. The molecular formula is C98H99F6N17O9. The van der Waals surface area contributed by atoms with Gasteiger partial charge in [0.2, 0.25) is 17.7 Å². The number of phenols is 3. The average Bonchev–Trinajstić information content (AvgIpc) is 0.739. The maximum atomic E-state index is 16.2. The molecule has 9 aromatic heterocycles. The van der Waals surface area contributed by atoms with Crippen LogP contribution in [0.2, 0.25) is 0 Å². The Labute approximate surface area is 745 Å². The molecule has 672 valence electrons. The van der Waals surface area contributed by atoms with Gasteiger partial charge in [-0.3, -0.25) is 57.4 Å². The summed E-state index contributed by atoms with van der Waals surface area (Å²) in [6.45, 7) is 37.3. The van der Waals surface area contributed by atoms with Crippen LogP contribution in [0.3, 0.4) is 0 Å². The molecule has 0 spiro atoms. The largest absolute Gasteiger partial charge is 0.507 e. The summed E-state index contributed by atoms with van der Waals surface area (Å²) in [4.78, 5) is 122. The van der Waals surface area contributed by atoms with Gasteiger partial charge in [0.1, 0.15) is 68.8 Å². The second kappa shape index (κ2) is 34.8. The van der Waals surface area contributed by atoms with Gasteiger partial charge in [0.25, 0.3) is 16.7 Å². The molecule has 0 aliphatic carbocycles. The molecule has 18 rings (SSSR count). The Morgan fingerprint density at radius 3 is 1.16 bits per heavy atom. The number of halogens is 6. The van der Waals surface area contributed by atoms with Crippen LogP contribution in [0.5, 0.6) is 17.2 Å². The predicted octanol–water partition coefficient (Wildman–Crippen LogP) is 15.2. The van der Waals surface area contributed by atoms with Gasteiger partial charge in [0, 0.05) is 124 Å². The van der Waals surface area contributed by atoms with Crippen molar-refractivity contribution in [2.24, 2.45) is 0 Å². The van der Waals surface area contributed by atoms with Crippen molar-refractivity contribution in [3.05, 3.63) is 253 Å². The maximum Gasteiger partial charge on any atom is 0.282 e. The quantitative estimate of drug-likeness (QED) is 0.0653. The molecule has 0 saturated carbocycles. The van der Waals surface area contributed by atoms with Crippen molar-refractivity contribution in [3.63, 3.8) is 0 Å². The molecule has 3 fully saturated rings. The summed E-state index contributed by atoms with van der Waals surface area (Å²) >= 11 is 0. The standard InChI is InChI=1S/C33H34F2N6O3.C33H33F2N5O3.C32H32F2N6O3/c1-7-25(43)39-14-19(5)40-20(16-39)15-38(6)31-30(40)21-13-23(35)28(26-22(34)9-8-10-24(26)42)37-32(21)41(33(31)44)29-18(4)11-12-36-27(29)17(2)3;1-6-26(42)38-15-19(5)39-20(16-38)10-11-21-31(39)22-14-24(35)29(27-23(34)8-7-9-25(27)41)37-32(22)40(33(21)43)30-18(4)12-13-36-28(30)17(2)3;1-6-24(42)38-14-18(5)39-19(15-38)13-36-28-30(39)20-12-22(34)27(25-21(33)8-7-9-23(25)41)37-31(20)40(32(28)43)29-17(4)10-11-35-26(29)16(2)3/h7-13,17,19-20,42H,1,14-16H2,2-6H3;6-9,12-14,17,19-20,41H,1,10-11,15-16H2,2-5H3;6-12,16,18-19,36,41H,1,13-15H2,2-5H3. The lowest BCUT2D eigenvalue weighted by Crippen LogP contribution is -2.64. The highest BCUT2D eigenvalue weighted by molar-refractivity contribution is 6.03. The summed E-state index contributed by atoms with van der Waals surface area (Å²) in [7, 11) is 1.81. The van der Waals surface area contributed by atoms with E-state index < -0.39 is 85.9 Å². The second-order valence-corrected chi connectivity index (χ2v) is 35.1. The number of nitrogens with one attached hydrogen (secondary N) is 1. The molecule has 0 bridgehead atoms. The fraction of sp³-hybridized carbons (Fsp3) is 0.327. The molecule has 15 heterocycles. The molecule has 0 radical (unpaired) electrons. The topological polar surface area (TPSA) is 290 Å². The molecule has 32 heteroatoms. The first-order valence-corrected chi connectivity index (χ1v) is 43.2. The minimum absolute atomic E-state index is 0.0525. The SMILES string of the molecule is C=CC(=O)N1CC(C)N2c3c(c(=O)n(-c4c(C)ccnc4C(C)C)c4nc(-c5c(O)cccc5F)c(F)cc34)CCC2C1.C=CC(=O)N1CC(C)N2c3c(c(=O)n(-c4c(C)ccnc4C(C)C)c4nc(-c5c(O)cccc5F)c(F)cc34)N(C)CC2C1.C=CC(=O)N1CC(C)N2c3c(c(=O)n(-c4c(C)ccnc4C(C)C)c4nc(-c5c(O)cccc5F)c(F)cc34)NCC2C1. The Bertz CT molecular complexity index is 6610. The van der Waals surface area contributed by atoms with Crippen molar-refractivity contribution < 1.29 is 56.0 Å². The summed E-state index contributed by atoms with van der Waals surface area (Å²) < 4.78 is 97.8. The lowest BCUT2D eigenvalue weighted by molar-refractivity contribution is -0.128. The summed E-state index contributed by atoms with van der Waals surface area (Å²) in [6, 6.07) is 19.1. The van der Waals surface area contributed by atoms with Crippen LogP contribution in [0.15, 0.2) is 162 Å². The highest BCUT2D eigenvalue weighted by atomic mass is 19.1. The van der Waals surface area contributed by atoms with E-state index in [1.807, 2.05) is 99.9 Å². The van der Waals surface area contributed by atoms with Crippen LogP contribution in [-0.4, -0.2) is 187 Å². The maximum absolute atomic E-state index is 16.2. The van der Waals surface area contributed by atoms with Crippen molar-refractivity contribution in [1.29, 1.82) is 0 Å². The Morgan fingerprint density at radius 2 is 0.777 bits per heavy atom. The molecule has 130 heavy (non-hydrogen) atoms. The number of rotatable bonds is 12. The Kier molecular flexibility index (Phi) is 23.9. The van der Waals surface area contributed by atoms with E-state index in [1.165, 1.54) is 86.5 Å². The van der Waals surface area contributed by atoms with E-state index in [0.29, 0.717) is 144 Å². The molecule has 12 aromatic rings. The number of benzene rings is 3. The summed E-state index contributed by atoms with van der Waals surface area (Å²) in [5.41, 5.74) is 5.39. The van der Waals surface area contributed by atoms with Crippen molar-refractivity contribution in [3.8, 4) is 68.1 Å². The Morgan fingerprint density at radius 1 is 0.431 bits per heavy atom. The van der Waals surface area contributed by atoms with Crippen LogP contribution >= 0.6 is 0 Å². The first-order valence-electron chi connectivity index (χ1n) is 43.2. The fourth-order valence-corrected chi connectivity index (χ4v) is 19.8. The molecule has 4 N–H and O–H groups in total. The summed E-state index contributed by atoms with van der Waals surface area (Å²) in [5, 5.41) is 36.0. The minimum atomic E-state index is -0.859. The normalized spacial score (nSPS) is 18.0. The first-order chi connectivity index (χ1) is 62.0. The second-order valence-electron chi connectivity index (χ2n) is 35.1. The number of likely N-dealkylation sites (N-methyl/N-ethyl adjacent to an activating group) is 1. The van der Waals surface area contributed by atoms with E-state index in [2.05, 4.69) is 64.8 Å². The van der Waals surface area contributed by atoms with Gasteiger partial charge in [-0.15, -0.1) is 0 Å².